The zero-order valence-electron chi connectivity index (χ0n) is 14.1. The average Bonchev–Trinajstić information content (AvgIpc) is 2.87. The van der Waals surface area contributed by atoms with Crippen LogP contribution in [0.2, 0.25) is 0 Å². The average molecular weight is 299 g/mol. The zero-order chi connectivity index (χ0) is 15.9. The Bertz CT molecular complexity index is 683. The van der Waals surface area contributed by atoms with Crippen molar-refractivity contribution in [1.29, 1.82) is 0 Å². The van der Waals surface area contributed by atoms with Crippen LogP contribution in [0.25, 0.3) is 10.9 Å². The molecule has 0 saturated carbocycles. The van der Waals surface area contributed by atoms with Gasteiger partial charge in [0.1, 0.15) is 11.3 Å². The molecule has 1 aromatic heterocycles. The maximum atomic E-state index is 5.49. The molecule has 0 bridgehead atoms. The maximum Gasteiger partial charge on any atom is 0.145 e. The van der Waals surface area contributed by atoms with Gasteiger partial charge in [-0.3, -0.25) is 0 Å². The predicted molar refractivity (Wildman–Crippen MR) is 91.9 cm³/mol. The van der Waals surface area contributed by atoms with Gasteiger partial charge in [-0.2, -0.15) is 0 Å². The molecule has 0 aliphatic carbocycles. The number of ether oxygens (including phenoxy) is 1. The lowest BCUT2D eigenvalue weighted by Gasteiger charge is -2.24. The number of nitrogens with zero attached hydrogens (tertiary/aromatic N) is 3. The summed E-state index contributed by atoms with van der Waals surface area (Å²) in [5.41, 5.74) is 3.27. The summed E-state index contributed by atoms with van der Waals surface area (Å²) in [6.07, 6.45) is 0. The number of hydrogen-bond donors (Lipinski definition) is 0. The number of aromatic nitrogens is 1. The van der Waals surface area contributed by atoms with E-state index in [0.29, 0.717) is 12.0 Å². The Morgan fingerprint density at radius 3 is 2.68 bits per heavy atom. The molecule has 1 saturated heterocycles. The fraction of sp³-hybridized carbons (Fsp3) is 0.500. The quantitative estimate of drug-likeness (QED) is 0.871. The van der Waals surface area contributed by atoms with Crippen LogP contribution in [-0.2, 0) is 0 Å². The van der Waals surface area contributed by atoms with E-state index in [1.165, 1.54) is 11.1 Å². The molecule has 4 heteroatoms. The number of methoxy groups -OCH3 is 1. The fourth-order valence-corrected chi connectivity index (χ4v) is 3.57. The monoisotopic (exact) mass is 299 g/mol. The van der Waals surface area contributed by atoms with E-state index in [9.17, 15) is 0 Å². The van der Waals surface area contributed by atoms with Gasteiger partial charge in [-0.1, -0.05) is 19.1 Å². The molecule has 22 heavy (non-hydrogen) atoms. The third-order valence-electron chi connectivity index (χ3n) is 4.71. The normalized spacial score (nSPS) is 21.8. The minimum absolute atomic E-state index is 0.592. The fourth-order valence-electron chi connectivity index (χ4n) is 3.57. The minimum Gasteiger partial charge on any atom is -0.494 e. The second-order valence-electron chi connectivity index (χ2n) is 6.55. The van der Waals surface area contributed by atoms with Crippen LogP contribution in [0.15, 0.2) is 24.3 Å². The first kappa shape index (κ1) is 15.1. The standard InChI is InChI=1S/C18H25N3O/c1-12-10-21(11-16(12)20(3)4)15-9-13(2)19-18-14(15)7-6-8-17(18)22-5/h6-9,12,16H,10-11H2,1-5H3. The van der Waals surface area contributed by atoms with Crippen LogP contribution in [0.3, 0.4) is 0 Å². The summed E-state index contributed by atoms with van der Waals surface area (Å²) >= 11 is 0. The molecular weight excluding hydrogens is 274 g/mol. The maximum absolute atomic E-state index is 5.49. The van der Waals surface area contributed by atoms with Gasteiger partial charge in [-0.25, -0.2) is 4.98 Å². The molecule has 0 amide bonds. The summed E-state index contributed by atoms with van der Waals surface area (Å²) in [7, 11) is 6.05. The molecule has 3 rings (SSSR count). The van der Waals surface area contributed by atoms with Crippen molar-refractivity contribution in [3.8, 4) is 5.75 Å². The van der Waals surface area contributed by atoms with Crippen molar-refractivity contribution in [3.63, 3.8) is 0 Å². The van der Waals surface area contributed by atoms with Gasteiger partial charge in [-0.05, 0) is 39.1 Å². The van der Waals surface area contributed by atoms with Crippen LogP contribution in [-0.4, -0.2) is 50.2 Å². The first-order valence-corrected chi connectivity index (χ1v) is 7.87. The Morgan fingerprint density at radius 1 is 1.27 bits per heavy atom. The molecule has 0 radical (unpaired) electrons. The molecule has 1 fully saturated rings. The van der Waals surface area contributed by atoms with Crippen LogP contribution in [0.4, 0.5) is 5.69 Å². The van der Waals surface area contributed by atoms with Crippen LogP contribution in [0, 0.1) is 12.8 Å². The van der Waals surface area contributed by atoms with Crippen LogP contribution in [0.5, 0.6) is 5.75 Å². The second-order valence-corrected chi connectivity index (χ2v) is 6.55. The number of hydrogen-bond acceptors (Lipinski definition) is 4. The molecule has 118 valence electrons. The second kappa shape index (κ2) is 5.76. The number of rotatable bonds is 3. The summed E-state index contributed by atoms with van der Waals surface area (Å²) < 4.78 is 5.49. The van der Waals surface area contributed by atoms with Gasteiger partial charge in [0, 0.05) is 35.9 Å². The summed E-state index contributed by atoms with van der Waals surface area (Å²) in [4.78, 5) is 9.52. The topological polar surface area (TPSA) is 28.6 Å². The first-order valence-electron chi connectivity index (χ1n) is 7.87. The number of anilines is 1. The van der Waals surface area contributed by atoms with Gasteiger partial charge >= 0.3 is 0 Å². The van der Waals surface area contributed by atoms with E-state index < -0.39 is 0 Å². The lowest BCUT2D eigenvalue weighted by Crippen LogP contribution is -2.34. The molecule has 2 unspecified atom stereocenters. The lowest BCUT2D eigenvalue weighted by atomic mass is 10.1. The molecule has 1 aliphatic rings. The highest BCUT2D eigenvalue weighted by atomic mass is 16.5. The Labute approximate surface area is 132 Å². The molecule has 2 atom stereocenters. The largest absolute Gasteiger partial charge is 0.494 e. The predicted octanol–water partition coefficient (Wildman–Crippen LogP) is 2.94. The minimum atomic E-state index is 0.592. The van der Waals surface area contributed by atoms with Gasteiger partial charge in [0.15, 0.2) is 0 Å². The van der Waals surface area contributed by atoms with Crippen molar-refractivity contribution in [1.82, 2.24) is 9.88 Å². The van der Waals surface area contributed by atoms with Gasteiger partial charge in [0.2, 0.25) is 0 Å². The van der Waals surface area contributed by atoms with Gasteiger partial charge in [-0.15, -0.1) is 0 Å². The number of aryl methyl sites for hydroxylation is 1. The summed E-state index contributed by atoms with van der Waals surface area (Å²) in [6, 6.07) is 8.97. The van der Waals surface area contributed by atoms with E-state index in [1.54, 1.807) is 7.11 Å². The Kier molecular flexibility index (Phi) is 3.96. The van der Waals surface area contributed by atoms with E-state index >= 15 is 0 Å². The highest BCUT2D eigenvalue weighted by Gasteiger charge is 2.32. The van der Waals surface area contributed by atoms with Crippen molar-refractivity contribution >= 4 is 16.6 Å². The van der Waals surface area contributed by atoms with Crippen molar-refractivity contribution in [2.45, 2.75) is 19.9 Å². The zero-order valence-corrected chi connectivity index (χ0v) is 14.1. The van der Waals surface area contributed by atoms with E-state index in [1.807, 2.05) is 12.1 Å². The van der Waals surface area contributed by atoms with Gasteiger partial charge in [0.25, 0.3) is 0 Å². The number of likely N-dealkylation sites (N-methyl/N-ethyl adjacent to an activating group) is 1. The molecule has 4 nitrogen and oxygen atoms in total. The van der Waals surface area contributed by atoms with E-state index in [0.717, 1.165) is 30.0 Å². The molecule has 1 aromatic carbocycles. The van der Waals surface area contributed by atoms with Crippen molar-refractivity contribution in [3.05, 3.63) is 30.0 Å². The molecule has 0 spiro atoms. The Morgan fingerprint density at radius 2 is 2.05 bits per heavy atom. The summed E-state index contributed by atoms with van der Waals surface area (Å²) in [5, 5.41) is 1.18. The van der Waals surface area contributed by atoms with Crippen molar-refractivity contribution in [2.24, 2.45) is 5.92 Å². The van der Waals surface area contributed by atoms with Crippen LogP contribution >= 0.6 is 0 Å². The molecule has 1 aliphatic heterocycles. The third kappa shape index (κ3) is 2.52. The van der Waals surface area contributed by atoms with Crippen molar-refractivity contribution in [2.75, 3.05) is 39.2 Å². The lowest BCUT2D eigenvalue weighted by molar-refractivity contribution is 0.266. The highest BCUT2D eigenvalue weighted by molar-refractivity contribution is 5.95. The molecule has 0 N–H and O–H groups in total. The summed E-state index contributed by atoms with van der Waals surface area (Å²) in [6.45, 7) is 6.53. The molecular formula is C18H25N3O. The number of pyridine rings is 1. The molecule has 2 heterocycles. The van der Waals surface area contributed by atoms with Gasteiger partial charge in [0.05, 0.1) is 7.11 Å². The first-order chi connectivity index (χ1) is 10.5. The summed E-state index contributed by atoms with van der Waals surface area (Å²) in [5.74, 6) is 1.50. The SMILES string of the molecule is COc1cccc2c(N3CC(C)C(N(C)C)C3)cc(C)nc12. The number of para-hydroxylation sites is 1. The van der Waals surface area contributed by atoms with Crippen LogP contribution < -0.4 is 9.64 Å². The van der Waals surface area contributed by atoms with Gasteiger partial charge < -0.3 is 14.5 Å². The Balaban J connectivity index is 2.08. The smallest absolute Gasteiger partial charge is 0.145 e. The van der Waals surface area contributed by atoms with E-state index in [-0.39, 0.29) is 0 Å². The van der Waals surface area contributed by atoms with Crippen LogP contribution in [0.1, 0.15) is 12.6 Å². The highest BCUT2D eigenvalue weighted by Crippen LogP contribution is 2.35. The molecule has 2 aromatic rings. The number of fused-ring (bicyclic) bond motifs is 1. The van der Waals surface area contributed by atoms with E-state index in [4.69, 9.17) is 4.74 Å². The van der Waals surface area contributed by atoms with E-state index in [2.05, 4.69) is 54.9 Å². The number of benzene rings is 1. The third-order valence-corrected chi connectivity index (χ3v) is 4.71. The van der Waals surface area contributed by atoms with Crippen molar-refractivity contribution < 1.29 is 4.74 Å². The Hall–Kier alpha value is -1.81.